The van der Waals surface area contributed by atoms with E-state index in [9.17, 15) is 9.18 Å². The van der Waals surface area contributed by atoms with Gasteiger partial charge in [0, 0.05) is 30.6 Å². The first-order valence-corrected chi connectivity index (χ1v) is 14.6. The minimum absolute atomic E-state index is 0.200. The molecule has 0 spiro atoms. The van der Waals surface area contributed by atoms with Gasteiger partial charge in [-0.3, -0.25) is 4.79 Å². The Labute approximate surface area is 234 Å². The van der Waals surface area contributed by atoms with Crippen LogP contribution in [0.2, 0.25) is 0 Å². The number of halogens is 1. The Morgan fingerprint density at radius 3 is 2.08 bits per heavy atom. The lowest BCUT2D eigenvalue weighted by Crippen LogP contribution is -2.45. The molecular formula is C35H39BFNO. The number of rotatable bonds is 12. The van der Waals surface area contributed by atoms with Crippen LogP contribution in [0.3, 0.4) is 0 Å². The van der Waals surface area contributed by atoms with Gasteiger partial charge in [-0.2, -0.15) is 0 Å². The standard InChI is InChI=1S/C35H39BFNO/c36-31-17-10-28(11-18-31)14-21-33(30-15-16-30)38-24-22-35(23-25-38,26-29-7-2-1-3-8-29)34(39)9-5-4-6-27-12-19-32(37)20-13-27/h1-3,7-8,10-13,17-20H,4-6,9,14-16,21-26H2. The van der Waals surface area contributed by atoms with Crippen molar-refractivity contribution in [2.45, 2.75) is 70.6 Å². The molecule has 2 aliphatic rings. The Morgan fingerprint density at radius 2 is 1.41 bits per heavy atom. The molecule has 0 unspecified atom stereocenters. The quantitative estimate of drug-likeness (QED) is 0.192. The second-order valence-electron chi connectivity index (χ2n) is 11.5. The van der Waals surface area contributed by atoms with Crippen LogP contribution in [0.4, 0.5) is 4.39 Å². The highest BCUT2D eigenvalue weighted by Gasteiger charge is 2.41. The highest BCUT2D eigenvalue weighted by molar-refractivity contribution is 6.32. The van der Waals surface area contributed by atoms with Crippen molar-refractivity contribution < 1.29 is 9.18 Å². The smallest absolute Gasteiger partial charge is 0.139 e. The highest BCUT2D eigenvalue weighted by Crippen LogP contribution is 2.42. The summed E-state index contributed by atoms with van der Waals surface area (Å²) >= 11 is 0. The first kappa shape index (κ1) is 27.4. The summed E-state index contributed by atoms with van der Waals surface area (Å²) in [6.45, 7) is 1.91. The molecule has 1 saturated heterocycles. The number of hydrogen-bond donors (Lipinski definition) is 0. The van der Waals surface area contributed by atoms with Gasteiger partial charge in [0.2, 0.25) is 0 Å². The van der Waals surface area contributed by atoms with Crippen molar-refractivity contribution in [2.24, 2.45) is 5.41 Å². The van der Waals surface area contributed by atoms with Crippen LogP contribution >= 0.6 is 0 Å². The Kier molecular flexibility index (Phi) is 9.01. The molecule has 4 heteroatoms. The van der Waals surface area contributed by atoms with Crippen LogP contribution in [-0.4, -0.2) is 31.6 Å². The molecule has 1 heterocycles. The Balaban J connectivity index is 1.21. The summed E-state index contributed by atoms with van der Waals surface area (Å²) in [7, 11) is 5.88. The number of likely N-dealkylation sites (tertiary alicyclic amines) is 1. The molecule has 0 atom stereocenters. The fourth-order valence-corrected chi connectivity index (χ4v) is 6.13. The lowest BCUT2D eigenvalue weighted by Gasteiger charge is -2.43. The largest absolute Gasteiger partial charge is 0.375 e. The molecular weight excluding hydrogens is 480 g/mol. The summed E-state index contributed by atoms with van der Waals surface area (Å²) in [4.78, 5) is 16.4. The summed E-state index contributed by atoms with van der Waals surface area (Å²) in [6, 6.07) is 25.5. The van der Waals surface area contributed by atoms with Gasteiger partial charge in [0.1, 0.15) is 19.4 Å². The van der Waals surface area contributed by atoms with E-state index in [1.807, 2.05) is 30.3 Å². The Hall–Kier alpha value is -3.14. The maximum Gasteiger partial charge on any atom is 0.139 e. The van der Waals surface area contributed by atoms with Crippen LogP contribution in [0.5, 0.6) is 0 Å². The average molecular weight is 520 g/mol. The van der Waals surface area contributed by atoms with E-state index in [4.69, 9.17) is 7.85 Å². The van der Waals surface area contributed by atoms with E-state index in [2.05, 4.69) is 41.3 Å². The molecule has 0 bridgehead atoms. The number of carbonyl (C=O) groups excluding carboxylic acids is 1. The number of hydrogen-bond acceptors (Lipinski definition) is 2. The first-order valence-electron chi connectivity index (χ1n) is 14.6. The third-order valence-corrected chi connectivity index (χ3v) is 8.65. The average Bonchev–Trinajstić information content (AvgIpc) is 3.80. The van der Waals surface area contributed by atoms with Gasteiger partial charge in [-0.15, -0.1) is 0 Å². The fourth-order valence-electron chi connectivity index (χ4n) is 6.13. The number of Topliss-reactive ketones (excluding diaryl/α,β-unsaturated/α-hetero) is 1. The van der Waals surface area contributed by atoms with Crippen LogP contribution in [0.15, 0.2) is 90.1 Å². The van der Waals surface area contributed by atoms with Gasteiger partial charge in [-0.1, -0.05) is 77.8 Å². The van der Waals surface area contributed by atoms with Gasteiger partial charge in [0.05, 0.1) is 0 Å². The van der Waals surface area contributed by atoms with E-state index < -0.39 is 0 Å². The first-order chi connectivity index (χ1) is 19.0. The van der Waals surface area contributed by atoms with Crippen LogP contribution in [-0.2, 0) is 24.1 Å². The molecule has 1 saturated carbocycles. The van der Waals surface area contributed by atoms with Gasteiger partial charge in [-0.05, 0) is 93.0 Å². The third-order valence-electron chi connectivity index (χ3n) is 8.65. The Morgan fingerprint density at radius 1 is 0.769 bits per heavy atom. The maximum absolute atomic E-state index is 13.9. The van der Waals surface area contributed by atoms with Gasteiger partial charge in [0.25, 0.3) is 0 Å². The molecule has 200 valence electrons. The van der Waals surface area contributed by atoms with Gasteiger partial charge in [0.15, 0.2) is 0 Å². The van der Waals surface area contributed by atoms with E-state index in [1.54, 1.807) is 5.57 Å². The SMILES string of the molecule is [B]c1ccc(CCC(=C2CC2)N2CCC(Cc3ccccc3)(C(=O)CCCCc3ccc(F)cc3)CC2)cc1. The molecule has 39 heavy (non-hydrogen) atoms. The van der Waals surface area contributed by atoms with E-state index >= 15 is 0 Å². The van der Waals surface area contributed by atoms with Crippen molar-refractivity contribution in [3.8, 4) is 0 Å². The zero-order valence-corrected chi connectivity index (χ0v) is 23.0. The number of nitrogens with zero attached hydrogens (tertiary/aromatic N) is 1. The second-order valence-corrected chi connectivity index (χ2v) is 11.5. The molecule has 5 rings (SSSR count). The number of carbonyl (C=O) groups is 1. The van der Waals surface area contributed by atoms with Gasteiger partial charge in [-0.25, -0.2) is 4.39 Å². The molecule has 2 fully saturated rings. The summed E-state index contributed by atoms with van der Waals surface area (Å²) in [6.07, 6.45) is 10.5. The van der Waals surface area contributed by atoms with E-state index in [0.717, 1.165) is 75.5 Å². The number of aryl methyl sites for hydroxylation is 2. The monoisotopic (exact) mass is 519 g/mol. The third kappa shape index (κ3) is 7.50. The molecule has 2 nitrogen and oxygen atoms in total. The molecule has 3 aromatic carbocycles. The Bertz CT molecular complexity index is 1250. The van der Waals surface area contributed by atoms with Crippen molar-refractivity contribution in [1.29, 1.82) is 0 Å². The van der Waals surface area contributed by atoms with Gasteiger partial charge >= 0.3 is 0 Å². The zero-order valence-electron chi connectivity index (χ0n) is 23.0. The predicted molar refractivity (Wildman–Crippen MR) is 159 cm³/mol. The van der Waals surface area contributed by atoms with E-state index in [0.29, 0.717) is 12.2 Å². The number of piperidine rings is 1. The second kappa shape index (κ2) is 12.8. The van der Waals surface area contributed by atoms with Crippen LogP contribution in [0, 0.1) is 11.2 Å². The van der Waals surface area contributed by atoms with Crippen molar-refractivity contribution in [1.82, 2.24) is 4.90 Å². The molecule has 0 N–H and O–H groups in total. The lowest BCUT2D eigenvalue weighted by molar-refractivity contribution is -0.131. The molecule has 1 aliphatic heterocycles. The topological polar surface area (TPSA) is 20.3 Å². The molecule has 0 amide bonds. The van der Waals surface area contributed by atoms with Crippen LogP contribution < -0.4 is 5.46 Å². The summed E-state index contributed by atoms with van der Waals surface area (Å²) in [5.41, 5.74) is 7.37. The van der Waals surface area contributed by atoms with Crippen molar-refractivity contribution in [3.63, 3.8) is 0 Å². The summed E-state index contributed by atoms with van der Waals surface area (Å²) in [5, 5.41) is 0. The summed E-state index contributed by atoms with van der Waals surface area (Å²) < 4.78 is 13.2. The van der Waals surface area contributed by atoms with E-state index in [1.165, 1.54) is 41.8 Å². The lowest BCUT2D eigenvalue weighted by atomic mass is 9.69. The van der Waals surface area contributed by atoms with Gasteiger partial charge < -0.3 is 4.90 Å². The van der Waals surface area contributed by atoms with Crippen LogP contribution in [0.25, 0.3) is 0 Å². The number of unbranched alkanes of at least 4 members (excludes halogenated alkanes) is 1. The van der Waals surface area contributed by atoms with Crippen LogP contribution in [0.1, 0.15) is 68.1 Å². The number of ketones is 1. The van der Waals surface area contributed by atoms with Crippen molar-refractivity contribution in [3.05, 3.63) is 113 Å². The maximum atomic E-state index is 13.9. The normalized spacial score (nSPS) is 16.2. The molecule has 0 aromatic heterocycles. The number of benzene rings is 3. The summed E-state index contributed by atoms with van der Waals surface area (Å²) in [5.74, 6) is 0.224. The number of allylic oxidation sites excluding steroid dienone is 2. The minimum atomic E-state index is -0.288. The molecule has 2 radical (unpaired) electrons. The minimum Gasteiger partial charge on any atom is -0.375 e. The zero-order chi connectivity index (χ0) is 27.1. The molecule has 3 aromatic rings. The van der Waals surface area contributed by atoms with Crippen molar-refractivity contribution >= 4 is 19.1 Å². The highest BCUT2D eigenvalue weighted by atomic mass is 19.1. The predicted octanol–water partition coefficient (Wildman–Crippen LogP) is 6.91. The molecule has 1 aliphatic carbocycles. The fraction of sp³-hybridized carbons (Fsp3) is 0.400. The van der Waals surface area contributed by atoms with Crippen molar-refractivity contribution in [2.75, 3.05) is 13.1 Å². The van der Waals surface area contributed by atoms with E-state index in [-0.39, 0.29) is 11.2 Å².